The van der Waals surface area contributed by atoms with Gasteiger partial charge in [0.15, 0.2) is 17.3 Å². The number of aromatic hydroxyl groups is 1. The average molecular weight is 339 g/mol. The van der Waals surface area contributed by atoms with Gasteiger partial charge in [-0.25, -0.2) is 0 Å². The molecule has 5 nitrogen and oxygen atoms in total. The quantitative estimate of drug-likeness (QED) is 0.670. The van der Waals surface area contributed by atoms with Crippen LogP contribution in [0.3, 0.4) is 0 Å². The van der Waals surface area contributed by atoms with Gasteiger partial charge in [0.1, 0.15) is 0 Å². The van der Waals surface area contributed by atoms with E-state index in [0.29, 0.717) is 11.3 Å². The number of phenols is 1. The molecule has 1 fully saturated rings. The zero-order chi connectivity index (χ0) is 17.6. The third-order valence-corrected chi connectivity index (χ3v) is 4.16. The highest BCUT2D eigenvalue weighted by Crippen LogP contribution is 2.26. The molecule has 0 amide bonds. The van der Waals surface area contributed by atoms with Gasteiger partial charge in [-0.2, -0.15) is 0 Å². The second kappa shape index (κ2) is 7.85. The fourth-order valence-electron chi connectivity index (χ4n) is 2.72. The van der Waals surface area contributed by atoms with Crippen LogP contribution in [0.15, 0.2) is 48.5 Å². The van der Waals surface area contributed by atoms with Crippen LogP contribution in [0.4, 0.5) is 5.69 Å². The van der Waals surface area contributed by atoms with Gasteiger partial charge in [0.05, 0.1) is 20.3 Å². The molecule has 0 saturated carbocycles. The van der Waals surface area contributed by atoms with E-state index >= 15 is 0 Å². The number of carbonyl (C=O) groups excluding carboxylic acids is 1. The van der Waals surface area contributed by atoms with Gasteiger partial charge in [-0.3, -0.25) is 4.79 Å². The van der Waals surface area contributed by atoms with E-state index in [-0.39, 0.29) is 11.5 Å². The first-order valence-electron chi connectivity index (χ1n) is 8.19. The molecule has 1 heterocycles. The van der Waals surface area contributed by atoms with Crippen LogP contribution in [0.2, 0.25) is 0 Å². The normalized spacial score (nSPS) is 14.7. The summed E-state index contributed by atoms with van der Waals surface area (Å²) in [5.74, 6) is 0.384. The molecule has 1 aliphatic rings. The molecule has 0 aliphatic carbocycles. The number of methoxy groups -OCH3 is 1. The summed E-state index contributed by atoms with van der Waals surface area (Å²) in [6, 6.07) is 12.6. The van der Waals surface area contributed by atoms with Gasteiger partial charge in [0.25, 0.3) is 0 Å². The summed E-state index contributed by atoms with van der Waals surface area (Å²) in [5, 5.41) is 9.60. The highest BCUT2D eigenvalue weighted by atomic mass is 16.5. The Morgan fingerprint density at radius 1 is 1.16 bits per heavy atom. The maximum atomic E-state index is 12.3. The Balaban J connectivity index is 1.68. The summed E-state index contributed by atoms with van der Waals surface area (Å²) < 4.78 is 10.4. The lowest BCUT2D eigenvalue weighted by molar-refractivity contribution is 0.104. The molecule has 0 bridgehead atoms. The van der Waals surface area contributed by atoms with Crippen LogP contribution in [0, 0.1) is 0 Å². The SMILES string of the molecule is COc1cc(C=CC(=O)c2ccc(N3CCOCC3)cc2)ccc1O. The van der Waals surface area contributed by atoms with Crippen molar-refractivity contribution < 1.29 is 19.4 Å². The predicted octanol–water partition coefficient (Wildman–Crippen LogP) is 3.13. The number of allylic oxidation sites excluding steroid dienone is 1. The van der Waals surface area contributed by atoms with Gasteiger partial charge in [-0.05, 0) is 48.0 Å². The highest BCUT2D eigenvalue weighted by molar-refractivity contribution is 6.07. The molecular weight excluding hydrogens is 318 g/mol. The Hall–Kier alpha value is -2.79. The second-order valence-electron chi connectivity index (χ2n) is 5.78. The molecule has 1 aliphatic heterocycles. The van der Waals surface area contributed by atoms with Crippen molar-refractivity contribution in [3.05, 3.63) is 59.7 Å². The number of benzene rings is 2. The molecule has 25 heavy (non-hydrogen) atoms. The minimum absolute atomic E-state index is 0.0689. The molecule has 5 heteroatoms. The lowest BCUT2D eigenvalue weighted by atomic mass is 10.1. The van der Waals surface area contributed by atoms with Gasteiger partial charge in [-0.1, -0.05) is 12.1 Å². The number of morpholine rings is 1. The second-order valence-corrected chi connectivity index (χ2v) is 5.78. The van der Waals surface area contributed by atoms with Crippen LogP contribution in [0.1, 0.15) is 15.9 Å². The lowest BCUT2D eigenvalue weighted by Gasteiger charge is -2.28. The number of hydrogen-bond donors (Lipinski definition) is 1. The summed E-state index contributed by atoms with van der Waals surface area (Å²) in [5.41, 5.74) is 2.53. The fourth-order valence-corrected chi connectivity index (χ4v) is 2.72. The Kier molecular flexibility index (Phi) is 5.36. The fraction of sp³-hybridized carbons (Fsp3) is 0.250. The third kappa shape index (κ3) is 4.19. The Morgan fingerprint density at radius 2 is 1.88 bits per heavy atom. The molecule has 2 aromatic rings. The maximum Gasteiger partial charge on any atom is 0.185 e. The van der Waals surface area contributed by atoms with E-state index in [1.54, 1.807) is 24.3 Å². The molecule has 0 spiro atoms. The summed E-state index contributed by atoms with van der Waals surface area (Å²) in [6.45, 7) is 3.21. The number of hydrogen-bond acceptors (Lipinski definition) is 5. The van der Waals surface area contributed by atoms with E-state index in [9.17, 15) is 9.90 Å². The van der Waals surface area contributed by atoms with Crippen molar-refractivity contribution in [2.24, 2.45) is 0 Å². The topological polar surface area (TPSA) is 59.0 Å². The van der Waals surface area contributed by atoms with Crippen molar-refractivity contribution in [2.45, 2.75) is 0 Å². The average Bonchev–Trinajstić information content (AvgIpc) is 2.68. The smallest absolute Gasteiger partial charge is 0.185 e. The molecule has 1 saturated heterocycles. The van der Waals surface area contributed by atoms with Crippen LogP contribution in [-0.2, 0) is 4.74 Å². The molecule has 0 unspecified atom stereocenters. The zero-order valence-electron chi connectivity index (χ0n) is 14.1. The minimum Gasteiger partial charge on any atom is -0.504 e. The number of rotatable bonds is 5. The van der Waals surface area contributed by atoms with E-state index in [2.05, 4.69) is 4.90 Å². The van der Waals surface area contributed by atoms with Crippen LogP contribution in [0.25, 0.3) is 6.08 Å². The van der Waals surface area contributed by atoms with E-state index in [1.165, 1.54) is 13.2 Å². The highest BCUT2D eigenvalue weighted by Gasteiger charge is 2.11. The third-order valence-electron chi connectivity index (χ3n) is 4.16. The summed E-state index contributed by atoms with van der Waals surface area (Å²) in [4.78, 5) is 14.6. The Bertz CT molecular complexity index is 762. The van der Waals surface area contributed by atoms with E-state index in [1.807, 2.05) is 24.3 Å². The molecule has 0 atom stereocenters. The monoisotopic (exact) mass is 339 g/mol. The van der Waals surface area contributed by atoms with Gasteiger partial charge in [0, 0.05) is 24.3 Å². The van der Waals surface area contributed by atoms with Gasteiger partial charge in [-0.15, -0.1) is 0 Å². The summed E-state index contributed by atoms with van der Waals surface area (Å²) in [6.07, 6.45) is 3.23. The number of nitrogens with zero attached hydrogens (tertiary/aromatic N) is 1. The number of phenolic OH excluding ortho intramolecular Hbond substituents is 1. The lowest BCUT2D eigenvalue weighted by Crippen LogP contribution is -2.36. The maximum absolute atomic E-state index is 12.3. The van der Waals surface area contributed by atoms with E-state index in [0.717, 1.165) is 37.6 Å². The molecule has 0 aromatic heterocycles. The van der Waals surface area contributed by atoms with Crippen molar-refractivity contribution in [1.82, 2.24) is 0 Å². The first-order chi connectivity index (χ1) is 12.2. The zero-order valence-corrected chi connectivity index (χ0v) is 14.1. The minimum atomic E-state index is -0.0689. The number of carbonyl (C=O) groups is 1. The van der Waals surface area contributed by atoms with Crippen LogP contribution >= 0.6 is 0 Å². The molecule has 3 rings (SSSR count). The van der Waals surface area contributed by atoms with Gasteiger partial charge < -0.3 is 19.5 Å². The number of ketones is 1. The number of anilines is 1. The van der Waals surface area contributed by atoms with E-state index in [4.69, 9.17) is 9.47 Å². The van der Waals surface area contributed by atoms with Crippen LogP contribution in [0.5, 0.6) is 11.5 Å². The van der Waals surface area contributed by atoms with Crippen LogP contribution in [-0.4, -0.2) is 44.3 Å². The van der Waals surface area contributed by atoms with Crippen molar-refractivity contribution in [2.75, 3.05) is 38.3 Å². The Morgan fingerprint density at radius 3 is 2.56 bits per heavy atom. The van der Waals surface area contributed by atoms with Gasteiger partial charge >= 0.3 is 0 Å². The Labute approximate surface area is 147 Å². The molecule has 1 N–H and O–H groups in total. The first-order valence-corrected chi connectivity index (χ1v) is 8.19. The van der Waals surface area contributed by atoms with Crippen LogP contribution < -0.4 is 9.64 Å². The number of ether oxygens (including phenoxy) is 2. The predicted molar refractivity (Wildman–Crippen MR) is 97.5 cm³/mol. The first kappa shape index (κ1) is 17.0. The summed E-state index contributed by atoms with van der Waals surface area (Å²) >= 11 is 0. The van der Waals surface area contributed by atoms with Crippen molar-refractivity contribution in [3.63, 3.8) is 0 Å². The molecule has 2 aromatic carbocycles. The van der Waals surface area contributed by atoms with Gasteiger partial charge in [0.2, 0.25) is 0 Å². The van der Waals surface area contributed by atoms with Crippen molar-refractivity contribution in [3.8, 4) is 11.5 Å². The van der Waals surface area contributed by atoms with Crippen molar-refractivity contribution >= 4 is 17.5 Å². The molecule has 130 valence electrons. The van der Waals surface area contributed by atoms with E-state index < -0.39 is 0 Å². The summed E-state index contributed by atoms with van der Waals surface area (Å²) in [7, 11) is 1.49. The molecular formula is C20H21NO4. The largest absolute Gasteiger partial charge is 0.504 e. The van der Waals surface area contributed by atoms with Crippen molar-refractivity contribution in [1.29, 1.82) is 0 Å². The standard InChI is InChI=1S/C20H21NO4/c1-24-20-14-15(3-9-19(20)23)2-8-18(22)16-4-6-17(7-5-16)21-10-12-25-13-11-21/h2-9,14,23H,10-13H2,1H3. The molecule has 0 radical (unpaired) electrons.